The molecular formula is C3H10O4Si3. The number of carbonyl (C=O) groups excluding carboxylic acids is 1. The van der Waals surface area contributed by atoms with Crippen LogP contribution in [0.3, 0.4) is 0 Å². The van der Waals surface area contributed by atoms with Gasteiger partial charge < -0.3 is 12.3 Å². The molecule has 0 aromatic carbocycles. The Kier molecular flexibility index (Phi) is 3.45. The second kappa shape index (κ2) is 4.16. The molecule has 1 fully saturated rings. The van der Waals surface area contributed by atoms with Crippen LogP contribution in [0, 0.1) is 0 Å². The molecular weight excluding hydrogens is 184 g/mol. The van der Waals surface area contributed by atoms with Crippen molar-refractivity contribution in [2.45, 2.75) is 13.3 Å². The highest BCUT2D eigenvalue weighted by molar-refractivity contribution is 6.86. The molecule has 0 unspecified atom stereocenters. The third-order valence-electron chi connectivity index (χ3n) is 1.22. The summed E-state index contributed by atoms with van der Waals surface area (Å²) in [4.78, 5) is 11.0. The van der Waals surface area contributed by atoms with Crippen LogP contribution in [0.25, 0.3) is 0 Å². The van der Waals surface area contributed by atoms with E-state index in [2.05, 4.69) is 0 Å². The highest BCUT2D eigenvalue weighted by atomic mass is 28.4. The normalized spacial score (nSPS) is 31.1. The minimum Gasteiger partial charge on any atom is -0.425 e. The van der Waals surface area contributed by atoms with E-state index in [1.165, 1.54) is 0 Å². The number of hydrogen-bond donors (Lipinski definition) is 0. The first-order valence-corrected chi connectivity index (χ1v) is 7.01. The molecule has 0 bridgehead atoms. The monoisotopic (exact) mass is 194 g/mol. The lowest BCUT2D eigenvalue weighted by Gasteiger charge is -2.20. The fraction of sp³-hybridized carbons (Fsp3) is 0.667. The van der Waals surface area contributed by atoms with Crippen LogP contribution in [0.1, 0.15) is 13.3 Å². The van der Waals surface area contributed by atoms with E-state index >= 15 is 0 Å². The molecule has 0 amide bonds. The summed E-state index contributed by atoms with van der Waals surface area (Å²) >= 11 is 0. The van der Waals surface area contributed by atoms with E-state index in [0.29, 0.717) is 6.42 Å². The van der Waals surface area contributed by atoms with Crippen LogP contribution in [0.4, 0.5) is 0 Å². The molecule has 1 aliphatic heterocycles. The van der Waals surface area contributed by atoms with Crippen LogP contribution in [-0.2, 0) is 17.1 Å². The molecule has 1 saturated heterocycles. The van der Waals surface area contributed by atoms with E-state index in [0.717, 1.165) is 0 Å². The average Bonchev–Trinajstić information content (AvgIpc) is 2.05. The first-order valence-electron chi connectivity index (χ1n) is 3.18. The zero-order valence-corrected chi connectivity index (χ0v) is 9.81. The highest BCUT2D eigenvalue weighted by Crippen LogP contribution is 1.97. The van der Waals surface area contributed by atoms with Gasteiger partial charge >= 0.3 is 9.28 Å². The Bertz CT molecular complexity index is 123. The fourth-order valence-electron chi connectivity index (χ4n) is 0.655. The number of hydrogen-bond acceptors (Lipinski definition) is 4. The lowest BCUT2D eigenvalue weighted by atomic mass is 10.6. The van der Waals surface area contributed by atoms with E-state index in [1.54, 1.807) is 0 Å². The van der Waals surface area contributed by atoms with Gasteiger partial charge in [-0.25, -0.2) is 0 Å². The van der Waals surface area contributed by atoms with E-state index in [1.807, 2.05) is 6.92 Å². The topological polar surface area (TPSA) is 44.8 Å². The van der Waals surface area contributed by atoms with Crippen molar-refractivity contribution < 1.29 is 17.1 Å². The second-order valence-corrected chi connectivity index (χ2v) is 8.00. The molecule has 0 aromatic rings. The summed E-state index contributed by atoms with van der Waals surface area (Å²) in [5.41, 5.74) is 0. The molecule has 4 nitrogen and oxygen atoms in total. The smallest absolute Gasteiger partial charge is 0.375 e. The van der Waals surface area contributed by atoms with Gasteiger partial charge in [-0.05, 0) is 0 Å². The summed E-state index contributed by atoms with van der Waals surface area (Å²) in [6.45, 7) is 1.83. The fourth-order valence-corrected chi connectivity index (χ4v) is 7.49. The quantitative estimate of drug-likeness (QED) is 0.468. The third-order valence-corrected chi connectivity index (χ3v) is 6.99. The van der Waals surface area contributed by atoms with Crippen molar-refractivity contribution in [3.8, 4) is 0 Å². The summed E-state index contributed by atoms with van der Waals surface area (Å²) in [5.74, 6) is 0. The molecule has 0 radical (unpaired) electrons. The molecule has 0 N–H and O–H groups in total. The molecule has 58 valence electrons. The summed E-state index contributed by atoms with van der Waals surface area (Å²) in [6, 6.07) is 0. The van der Waals surface area contributed by atoms with Gasteiger partial charge in [0.1, 0.15) is 0 Å². The molecule has 0 spiro atoms. The maximum absolute atomic E-state index is 11.0. The van der Waals surface area contributed by atoms with Crippen molar-refractivity contribution in [1.82, 2.24) is 0 Å². The van der Waals surface area contributed by atoms with Crippen LogP contribution >= 0.6 is 0 Å². The van der Waals surface area contributed by atoms with Crippen molar-refractivity contribution in [3.05, 3.63) is 0 Å². The van der Waals surface area contributed by atoms with E-state index in [4.69, 9.17) is 12.3 Å². The van der Waals surface area contributed by atoms with Crippen molar-refractivity contribution in [2.24, 2.45) is 0 Å². The van der Waals surface area contributed by atoms with E-state index in [9.17, 15) is 4.79 Å². The molecule has 1 heterocycles. The lowest BCUT2D eigenvalue weighted by Crippen LogP contribution is -2.41. The second-order valence-electron chi connectivity index (χ2n) is 1.92. The Morgan fingerprint density at radius 2 is 2.10 bits per heavy atom. The van der Waals surface area contributed by atoms with Gasteiger partial charge in [0.2, 0.25) is 0 Å². The van der Waals surface area contributed by atoms with Gasteiger partial charge in [-0.15, -0.1) is 0 Å². The van der Waals surface area contributed by atoms with Gasteiger partial charge in [0.25, 0.3) is 20.0 Å². The summed E-state index contributed by atoms with van der Waals surface area (Å²) < 4.78 is 15.3. The van der Waals surface area contributed by atoms with Crippen LogP contribution in [-0.4, -0.2) is 34.7 Å². The zero-order chi connectivity index (χ0) is 7.40. The predicted molar refractivity (Wildman–Crippen MR) is 42.8 cm³/mol. The molecule has 1 rings (SSSR count). The van der Waals surface area contributed by atoms with Crippen LogP contribution in [0.2, 0.25) is 0 Å². The van der Waals surface area contributed by atoms with E-state index in [-0.39, 0.29) is 5.41 Å². The van der Waals surface area contributed by atoms with Gasteiger partial charge in [0.05, 0.1) is 0 Å². The third kappa shape index (κ3) is 2.11. The Hall–Kier alpha value is 0.201. The minimum absolute atomic E-state index is 0.170. The van der Waals surface area contributed by atoms with Crippen molar-refractivity contribution in [2.75, 3.05) is 0 Å². The van der Waals surface area contributed by atoms with Crippen molar-refractivity contribution >= 4 is 34.7 Å². The molecule has 1 aliphatic rings. The molecule has 10 heavy (non-hydrogen) atoms. The van der Waals surface area contributed by atoms with Gasteiger partial charge in [0.15, 0.2) is 5.41 Å². The molecule has 0 saturated carbocycles. The Morgan fingerprint density at radius 3 is 2.60 bits per heavy atom. The number of rotatable bonds is 2. The minimum atomic E-state index is -1.86. The van der Waals surface area contributed by atoms with Gasteiger partial charge in [-0.2, -0.15) is 0 Å². The van der Waals surface area contributed by atoms with Crippen molar-refractivity contribution in [1.29, 1.82) is 0 Å². The SMILES string of the molecule is CCC(=O)[SiH]1O[SiH2]O[SiH2]O1. The lowest BCUT2D eigenvalue weighted by molar-refractivity contribution is -0.113. The highest BCUT2D eigenvalue weighted by Gasteiger charge is 2.24. The maximum atomic E-state index is 11.0. The average molecular weight is 194 g/mol. The Balaban J connectivity index is 2.31. The molecule has 0 atom stereocenters. The Morgan fingerprint density at radius 1 is 1.50 bits per heavy atom. The first kappa shape index (κ1) is 8.30. The number of carbonyl (C=O) groups is 1. The molecule has 0 aliphatic carbocycles. The predicted octanol–water partition coefficient (Wildman–Crippen LogP) is -2.21. The van der Waals surface area contributed by atoms with E-state index < -0.39 is 29.3 Å². The van der Waals surface area contributed by atoms with Gasteiger partial charge in [-0.3, -0.25) is 4.79 Å². The van der Waals surface area contributed by atoms with Crippen LogP contribution < -0.4 is 0 Å². The summed E-state index contributed by atoms with van der Waals surface area (Å²) in [7, 11) is -3.49. The Labute approximate surface area is 65.8 Å². The van der Waals surface area contributed by atoms with Crippen LogP contribution in [0.15, 0.2) is 0 Å². The first-order chi connectivity index (χ1) is 4.84. The molecule has 0 aromatic heterocycles. The summed E-state index contributed by atoms with van der Waals surface area (Å²) in [5, 5.41) is 0.170. The van der Waals surface area contributed by atoms with Crippen LogP contribution in [0.5, 0.6) is 0 Å². The standard InChI is InChI=1S/C3H10O4Si3/c1-2-3(4)10-6-8-5-9-7-10/h10H,2,8-9H2,1H3. The maximum Gasteiger partial charge on any atom is 0.375 e. The van der Waals surface area contributed by atoms with Gasteiger partial charge in [-0.1, -0.05) is 6.92 Å². The zero-order valence-electron chi connectivity index (χ0n) is 5.83. The summed E-state index contributed by atoms with van der Waals surface area (Å²) in [6.07, 6.45) is 0.541. The molecule has 7 heteroatoms. The largest absolute Gasteiger partial charge is 0.425 e. The van der Waals surface area contributed by atoms with Gasteiger partial charge in [0, 0.05) is 6.42 Å². The van der Waals surface area contributed by atoms with Crippen molar-refractivity contribution in [3.63, 3.8) is 0 Å².